The molecule has 0 radical (unpaired) electrons. The smallest absolute Gasteiger partial charge is 0.253 e. The Bertz CT molecular complexity index is 1350. The number of amides is 1. The normalized spacial score (nSPS) is 14.1. The fraction of sp³-hybridized carbons (Fsp3) is 0.312. The number of anilines is 1. The van der Waals surface area contributed by atoms with Crippen LogP contribution in [0.2, 0.25) is 0 Å². The first-order valence-electron chi connectivity index (χ1n) is 13.5. The Morgan fingerprint density at radius 3 is 2.37 bits per heavy atom. The van der Waals surface area contributed by atoms with E-state index in [0.29, 0.717) is 25.3 Å². The summed E-state index contributed by atoms with van der Waals surface area (Å²) in [5, 5.41) is 2.37. The zero-order chi connectivity index (χ0) is 26.3. The number of hydrogen-bond acceptors (Lipinski definition) is 5. The van der Waals surface area contributed by atoms with Crippen LogP contribution in [0.1, 0.15) is 22.8 Å². The van der Waals surface area contributed by atoms with Gasteiger partial charge < -0.3 is 19.4 Å². The van der Waals surface area contributed by atoms with Crippen molar-refractivity contribution in [2.24, 2.45) is 0 Å². The van der Waals surface area contributed by atoms with E-state index in [0.717, 1.165) is 55.4 Å². The first kappa shape index (κ1) is 25.9. The number of likely N-dealkylation sites (N-methyl/N-ethyl adjacent to an activating group) is 2. The van der Waals surface area contributed by atoms with Gasteiger partial charge in [0.25, 0.3) is 5.91 Å². The highest BCUT2D eigenvalue weighted by Crippen LogP contribution is 2.31. The van der Waals surface area contributed by atoms with Crippen LogP contribution in [0.15, 0.2) is 84.9 Å². The molecule has 1 fully saturated rings. The van der Waals surface area contributed by atoms with Gasteiger partial charge >= 0.3 is 0 Å². The molecule has 1 aromatic heterocycles. The molecule has 0 N–H and O–H groups in total. The summed E-state index contributed by atoms with van der Waals surface area (Å²) >= 11 is 0. The first-order valence-corrected chi connectivity index (χ1v) is 13.5. The van der Waals surface area contributed by atoms with Crippen LogP contribution in [0.4, 0.5) is 5.82 Å². The van der Waals surface area contributed by atoms with E-state index in [1.54, 1.807) is 4.90 Å². The lowest BCUT2D eigenvalue weighted by molar-refractivity contribution is 0.0670. The molecule has 0 atom stereocenters. The molecule has 6 nitrogen and oxygen atoms in total. The van der Waals surface area contributed by atoms with Gasteiger partial charge in [-0.2, -0.15) is 0 Å². The number of fused-ring (bicyclic) bond motifs is 1. The van der Waals surface area contributed by atoms with E-state index in [1.807, 2.05) is 61.6 Å². The van der Waals surface area contributed by atoms with Crippen LogP contribution < -0.4 is 4.90 Å². The monoisotopic (exact) mass is 508 g/mol. The molecule has 1 aliphatic rings. The second-order valence-electron chi connectivity index (χ2n) is 9.82. The van der Waals surface area contributed by atoms with Crippen LogP contribution in [-0.4, -0.2) is 73.6 Å². The van der Waals surface area contributed by atoms with Gasteiger partial charge in [-0.25, -0.2) is 4.98 Å². The van der Waals surface area contributed by atoms with E-state index in [2.05, 4.69) is 47.1 Å². The molecule has 2 heterocycles. The minimum Gasteiger partial charge on any atom is -0.375 e. The average Bonchev–Trinajstić information content (AvgIpc) is 2.99. The van der Waals surface area contributed by atoms with Crippen molar-refractivity contribution < 1.29 is 9.53 Å². The molecule has 0 unspecified atom stereocenters. The lowest BCUT2D eigenvalue weighted by Crippen LogP contribution is -2.46. The quantitative estimate of drug-likeness (QED) is 0.286. The summed E-state index contributed by atoms with van der Waals surface area (Å²) in [6.07, 6.45) is 0. The zero-order valence-electron chi connectivity index (χ0n) is 22.3. The molecule has 38 heavy (non-hydrogen) atoms. The Kier molecular flexibility index (Phi) is 8.31. The second-order valence-corrected chi connectivity index (χ2v) is 9.82. The van der Waals surface area contributed by atoms with Crippen molar-refractivity contribution in [3.8, 4) is 11.3 Å². The van der Waals surface area contributed by atoms with E-state index < -0.39 is 0 Å². The zero-order valence-corrected chi connectivity index (χ0v) is 22.3. The molecular formula is C32H36N4O2. The number of piperazine rings is 1. The summed E-state index contributed by atoms with van der Waals surface area (Å²) < 4.78 is 5.75. The molecule has 4 aromatic rings. The van der Waals surface area contributed by atoms with Crippen molar-refractivity contribution in [2.45, 2.75) is 13.5 Å². The minimum atomic E-state index is -0.0131. The molecule has 0 spiro atoms. The third-order valence-corrected chi connectivity index (χ3v) is 7.30. The molecule has 0 aliphatic carbocycles. The Labute approximate surface area is 225 Å². The summed E-state index contributed by atoms with van der Waals surface area (Å²) in [5.74, 6) is 1.03. The van der Waals surface area contributed by atoms with E-state index in [4.69, 9.17) is 9.72 Å². The summed E-state index contributed by atoms with van der Waals surface area (Å²) in [7, 11) is 1.82. The van der Waals surface area contributed by atoms with Gasteiger partial charge in [0.05, 0.1) is 18.9 Å². The van der Waals surface area contributed by atoms with Gasteiger partial charge in [-0.1, -0.05) is 73.7 Å². The Morgan fingerprint density at radius 2 is 1.63 bits per heavy atom. The van der Waals surface area contributed by atoms with E-state index >= 15 is 0 Å². The molecule has 3 aromatic carbocycles. The predicted molar refractivity (Wildman–Crippen MR) is 155 cm³/mol. The number of ether oxygens (including phenoxy) is 1. The fourth-order valence-corrected chi connectivity index (χ4v) is 4.92. The number of hydrogen-bond donors (Lipinski definition) is 0. The number of carbonyl (C=O) groups is 1. The van der Waals surface area contributed by atoms with E-state index in [1.165, 1.54) is 10.8 Å². The summed E-state index contributed by atoms with van der Waals surface area (Å²) in [4.78, 5) is 24.7. The number of benzene rings is 3. The van der Waals surface area contributed by atoms with Crippen LogP contribution in [0.5, 0.6) is 0 Å². The third kappa shape index (κ3) is 6.04. The summed E-state index contributed by atoms with van der Waals surface area (Å²) in [6.45, 7) is 8.94. The van der Waals surface area contributed by atoms with Crippen LogP contribution in [-0.2, 0) is 11.3 Å². The van der Waals surface area contributed by atoms with Gasteiger partial charge in [0.15, 0.2) is 0 Å². The van der Waals surface area contributed by atoms with Crippen molar-refractivity contribution in [1.82, 2.24) is 14.8 Å². The molecule has 1 amide bonds. The average molecular weight is 509 g/mol. The molecule has 5 rings (SSSR count). The number of aromatic nitrogens is 1. The first-order chi connectivity index (χ1) is 18.6. The van der Waals surface area contributed by atoms with E-state index in [-0.39, 0.29) is 5.91 Å². The van der Waals surface area contributed by atoms with Crippen LogP contribution in [0.25, 0.3) is 22.0 Å². The van der Waals surface area contributed by atoms with Gasteiger partial charge in [-0.3, -0.25) is 4.79 Å². The van der Waals surface area contributed by atoms with Crippen LogP contribution in [0.3, 0.4) is 0 Å². The van der Waals surface area contributed by atoms with Crippen LogP contribution in [0, 0.1) is 0 Å². The van der Waals surface area contributed by atoms with Crippen molar-refractivity contribution in [1.29, 1.82) is 0 Å². The maximum absolute atomic E-state index is 13.0. The molecule has 1 aliphatic heterocycles. The van der Waals surface area contributed by atoms with Gasteiger partial charge in [0.2, 0.25) is 0 Å². The van der Waals surface area contributed by atoms with Crippen molar-refractivity contribution in [3.63, 3.8) is 0 Å². The van der Waals surface area contributed by atoms with Gasteiger partial charge in [-0.15, -0.1) is 0 Å². The third-order valence-electron chi connectivity index (χ3n) is 7.30. The van der Waals surface area contributed by atoms with Crippen molar-refractivity contribution in [3.05, 3.63) is 96.1 Å². The highest BCUT2D eigenvalue weighted by Gasteiger charge is 2.20. The molecule has 196 valence electrons. The molecule has 6 heteroatoms. The SMILES string of the molecule is CCN1CCN(c2nc(-c3ccc(C(=O)N(C)CCOCc4ccccc4)cc3)cc3ccccc23)CC1. The Morgan fingerprint density at radius 1 is 0.921 bits per heavy atom. The molecule has 1 saturated heterocycles. The second kappa shape index (κ2) is 12.2. The largest absolute Gasteiger partial charge is 0.375 e. The van der Waals surface area contributed by atoms with Crippen molar-refractivity contribution >= 4 is 22.5 Å². The Balaban J connectivity index is 1.27. The lowest BCUT2D eigenvalue weighted by atomic mass is 10.0. The van der Waals surface area contributed by atoms with Gasteiger partial charge in [-0.05, 0) is 35.7 Å². The van der Waals surface area contributed by atoms with Gasteiger partial charge in [0, 0.05) is 56.3 Å². The van der Waals surface area contributed by atoms with Crippen molar-refractivity contribution in [2.75, 3.05) is 57.8 Å². The maximum Gasteiger partial charge on any atom is 0.253 e. The van der Waals surface area contributed by atoms with Gasteiger partial charge in [0.1, 0.15) is 5.82 Å². The van der Waals surface area contributed by atoms with E-state index in [9.17, 15) is 4.79 Å². The standard InChI is InChI=1S/C32H36N4O2/c1-3-35-17-19-36(20-18-35)31-29-12-8-7-11-28(29)23-30(33-31)26-13-15-27(16-14-26)32(37)34(2)21-22-38-24-25-9-5-4-6-10-25/h4-16,23H,3,17-22,24H2,1-2H3. The minimum absolute atomic E-state index is 0.0131. The molecular weight excluding hydrogens is 472 g/mol. The number of nitrogens with zero attached hydrogens (tertiary/aromatic N) is 4. The highest BCUT2D eigenvalue weighted by atomic mass is 16.5. The predicted octanol–water partition coefficient (Wildman–Crippen LogP) is 5.33. The topological polar surface area (TPSA) is 48.9 Å². The highest BCUT2D eigenvalue weighted by molar-refractivity contribution is 5.96. The number of rotatable bonds is 9. The summed E-state index contributed by atoms with van der Waals surface area (Å²) in [5.41, 5.74) is 3.73. The number of pyridine rings is 1. The van der Waals surface area contributed by atoms with Crippen LogP contribution >= 0.6 is 0 Å². The maximum atomic E-state index is 13.0. The molecule has 0 saturated carbocycles. The molecule has 0 bridgehead atoms. The fourth-order valence-electron chi connectivity index (χ4n) is 4.92. The lowest BCUT2D eigenvalue weighted by Gasteiger charge is -2.35. The summed E-state index contributed by atoms with van der Waals surface area (Å²) in [6, 6.07) is 28.5. The Hall–Kier alpha value is -3.74. The number of carbonyl (C=O) groups excluding carboxylic acids is 1.